The zero-order valence-electron chi connectivity index (χ0n) is 12.0. The number of aryl methyl sites for hydroxylation is 1. The van der Waals surface area contributed by atoms with E-state index in [0.29, 0.717) is 6.04 Å². The normalized spacial score (nSPS) is 12.3. The Kier molecular flexibility index (Phi) is 5.85. The lowest BCUT2D eigenvalue weighted by Gasteiger charge is -2.18. The van der Waals surface area contributed by atoms with Crippen molar-refractivity contribution in [1.29, 1.82) is 0 Å². The molecule has 0 spiro atoms. The van der Waals surface area contributed by atoms with E-state index in [4.69, 9.17) is 4.74 Å². The standard InChI is InChI=1S/C13H24N4O/c1-6-11-16-12(14-4)10(3)13(17-11)15-9(2)7-8-18-5/h9H,6-8H2,1-5H3,(H2,14,15,16,17). The Bertz CT molecular complexity index is 381. The second-order valence-corrected chi connectivity index (χ2v) is 4.39. The third-order valence-corrected chi connectivity index (χ3v) is 2.88. The molecule has 1 aromatic rings. The van der Waals surface area contributed by atoms with Crippen molar-refractivity contribution in [1.82, 2.24) is 9.97 Å². The van der Waals surface area contributed by atoms with E-state index in [1.807, 2.05) is 14.0 Å². The molecule has 18 heavy (non-hydrogen) atoms. The molecule has 0 saturated carbocycles. The summed E-state index contributed by atoms with van der Waals surface area (Å²) in [7, 11) is 3.60. The average molecular weight is 252 g/mol. The molecule has 0 aliphatic rings. The monoisotopic (exact) mass is 252 g/mol. The zero-order chi connectivity index (χ0) is 13.5. The van der Waals surface area contributed by atoms with Crippen LogP contribution in [0.3, 0.4) is 0 Å². The lowest BCUT2D eigenvalue weighted by Crippen LogP contribution is -2.20. The second-order valence-electron chi connectivity index (χ2n) is 4.39. The van der Waals surface area contributed by atoms with E-state index in [1.54, 1.807) is 7.11 Å². The molecule has 102 valence electrons. The molecule has 0 radical (unpaired) electrons. The SMILES string of the molecule is CCc1nc(NC)c(C)c(NC(C)CCOC)n1. The highest BCUT2D eigenvalue weighted by atomic mass is 16.5. The molecule has 0 fully saturated rings. The van der Waals surface area contributed by atoms with Gasteiger partial charge in [-0.25, -0.2) is 9.97 Å². The van der Waals surface area contributed by atoms with Crippen LogP contribution in [0.4, 0.5) is 11.6 Å². The Morgan fingerprint density at radius 2 is 1.94 bits per heavy atom. The maximum atomic E-state index is 5.09. The van der Waals surface area contributed by atoms with Crippen molar-refractivity contribution in [3.63, 3.8) is 0 Å². The Morgan fingerprint density at radius 1 is 1.28 bits per heavy atom. The van der Waals surface area contributed by atoms with Crippen LogP contribution in [0.5, 0.6) is 0 Å². The molecule has 0 bridgehead atoms. The summed E-state index contributed by atoms with van der Waals surface area (Å²) in [5.41, 5.74) is 1.05. The summed E-state index contributed by atoms with van der Waals surface area (Å²) in [6.07, 6.45) is 1.78. The topological polar surface area (TPSA) is 59.1 Å². The van der Waals surface area contributed by atoms with Crippen molar-refractivity contribution in [3.8, 4) is 0 Å². The molecule has 1 unspecified atom stereocenters. The van der Waals surface area contributed by atoms with Gasteiger partial charge in [0.1, 0.15) is 17.5 Å². The van der Waals surface area contributed by atoms with Gasteiger partial charge in [0.25, 0.3) is 0 Å². The smallest absolute Gasteiger partial charge is 0.134 e. The molecule has 5 heteroatoms. The van der Waals surface area contributed by atoms with Crippen molar-refractivity contribution < 1.29 is 4.74 Å². The first kappa shape index (κ1) is 14.7. The lowest BCUT2D eigenvalue weighted by atomic mass is 10.2. The van der Waals surface area contributed by atoms with E-state index < -0.39 is 0 Å². The minimum atomic E-state index is 0.327. The Hall–Kier alpha value is -1.36. The summed E-state index contributed by atoms with van der Waals surface area (Å²) in [6, 6.07) is 0.327. The molecule has 1 heterocycles. The van der Waals surface area contributed by atoms with Gasteiger partial charge in [-0.05, 0) is 20.3 Å². The number of nitrogens with zero attached hydrogens (tertiary/aromatic N) is 2. The van der Waals surface area contributed by atoms with E-state index >= 15 is 0 Å². The van der Waals surface area contributed by atoms with Crippen LogP contribution < -0.4 is 10.6 Å². The largest absolute Gasteiger partial charge is 0.385 e. The third kappa shape index (κ3) is 3.84. The summed E-state index contributed by atoms with van der Waals surface area (Å²) >= 11 is 0. The van der Waals surface area contributed by atoms with Crippen LogP contribution in [-0.4, -0.2) is 36.8 Å². The van der Waals surface area contributed by atoms with Crippen molar-refractivity contribution in [2.24, 2.45) is 0 Å². The van der Waals surface area contributed by atoms with E-state index in [0.717, 1.165) is 42.5 Å². The van der Waals surface area contributed by atoms with Gasteiger partial charge in [0.15, 0.2) is 0 Å². The fourth-order valence-electron chi connectivity index (χ4n) is 1.71. The van der Waals surface area contributed by atoms with E-state index in [1.165, 1.54) is 0 Å². The van der Waals surface area contributed by atoms with Gasteiger partial charge in [0.2, 0.25) is 0 Å². The highest BCUT2D eigenvalue weighted by Gasteiger charge is 2.11. The third-order valence-electron chi connectivity index (χ3n) is 2.88. The van der Waals surface area contributed by atoms with Gasteiger partial charge < -0.3 is 15.4 Å². The first-order valence-corrected chi connectivity index (χ1v) is 6.43. The molecule has 5 nitrogen and oxygen atoms in total. The van der Waals surface area contributed by atoms with Crippen LogP contribution in [0, 0.1) is 6.92 Å². The number of hydrogen-bond donors (Lipinski definition) is 2. The fourth-order valence-corrected chi connectivity index (χ4v) is 1.71. The van der Waals surface area contributed by atoms with Crippen LogP contribution in [0.25, 0.3) is 0 Å². The van der Waals surface area contributed by atoms with Crippen LogP contribution in [0.15, 0.2) is 0 Å². The molecule has 0 aromatic carbocycles. The Balaban J connectivity index is 2.86. The van der Waals surface area contributed by atoms with Crippen LogP contribution in [-0.2, 0) is 11.2 Å². The lowest BCUT2D eigenvalue weighted by molar-refractivity contribution is 0.191. The number of rotatable bonds is 7. The minimum absolute atomic E-state index is 0.327. The molecule has 2 N–H and O–H groups in total. The molecule has 1 rings (SSSR count). The van der Waals surface area contributed by atoms with Gasteiger partial charge in [-0.3, -0.25) is 0 Å². The maximum Gasteiger partial charge on any atom is 0.134 e. The first-order valence-electron chi connectivity index (χ1n) is 6.43. The molecule has 1 aromatic heterocycles. The number of ether oxygens (including phenoxy) is 1. The van der Waals surface area contributed by atoms with Gasteiger partial charge >= 0.3 is 0 Å². The summed E-state index contributed by atoms with van der Waals surface area (Å²) < 4.78 is 5.09. The molecule has 0 amide bonds. The number of methoxy groups -OCH3 is 1. The van der Waals surface area contributed by atoms with Crippen molar-refractivity contribution in [3.05, 3.63) is 11.4 Å². The Labute approximate surface area is 109 Å². The highest BCUT2D eigenvalue weighted by Crippen LogP contribution is 2.20. The molecular weight excluding hydrogens is 228 g/mol. The summed E-state index contributed by atoms with van der Waals surface area (Å²) in [5, 5.41) is 6.53. The van der Waals surface area contributed by atoms with Crippen LogP contribution in [0.2, 0.25) is 0 Å². The van der Waals surface area contributed by atoms with Crippen LogP contribution in [0.1, 0.15) is 31.7 Å². The average Bonchev–Trinajstić information content (AvgIpc) is 2.38. The van der Waals surface area contributed by atoms with Gasteiger partial charge in [-0.15, -0.1) is 0 Å². The predicted octanol–water partition coefficient (Wildman–Crippen LogP) is 2.23. The molecule has 0 saturated heterocycles. The van der Waals surface area contributed by atoms with E-state index in [2.05, 4.69) is 34.4 Å². The van der Waals surface area contributed by atoms with Gasteiger partial charge in [-0.2, -0.15) is 0 Å². The van der Waals surface area contributed by atoms with Gasteiger partial charge in [-0.1, -0.05) is 6.92 Å². The number of aromatic nitrogens is 2. The van der Waals surface area contributed by atoms with Crippen molar-refractivity contribution in [2.75, 3.05) is 31.4 Å². The quantitative estimate of drug-likeness (QED) is 0.779. The highest BCUT2D eigenvalue weighted by molar-refractivity contribution is 5.57. The van der Waals surface area contributed by atoms with Gasteiger partial charge in [0, 0.05) is 38.8 Å². The number of anilines is 2. The minimum Gasteiger partial charge on any atom is -0.385 e. The molecule has 0 aliphatic carbocycles. The zero-order valence-corrected chi connectivity index (χ0v) is 12.0. The first-order chi connectivity index (χ1) is 8.62. The fraction of sp³-hybridized carbons (Fsp3) is 0.692. The van der Waals surface area contributed by atoms with Crippen LogP contribution >= 0.6 is 0 Å². The maximum absolute atomic E-state index is 5.09. The predicted molar refractivity (Wildman–Crippen MR) is 75.3 cm³/mol. The molecular formula is C13H24N4O. The second kappa shape index (κ2) is 7.16. The summed E-state index contributed by atoms with van der Waals surface area (Å²) in [5.74, 6) is 2.66. The number of hydrogen-bond acceptors (Lipinski definition) is 5. The molecule has 1 atom stereocenters. The van der Waals surface area contributed by atoms with E-state index in [-0.39, 0.29) is 0 Å². The number of nitrogens with one attached hydrogen (secondary N) is 2. The summed E-state index contributed by atoms with van der Waals surface area (Å²) in [4.78, 5) is 9.00. The van der Waals surface area contributed by atoms with Crippen molar-refractivity contribution >= 4 is 11.6 Å². The van der Waals surface area contributed by atoms with Crippen molar-refractivity contribution in [2.45, 2.75) is 39.7 Å². The van der Waals surface area contributed by atoms with Gasteiger partial charge in [0.05, 0.1) is 0 Å². The summed E-state index contributed by atoms with van der Waals surface area (Å²) in [6.45, 7) is 6.96. The van der Waals surface area contributed by atoms with E-state index in [9.17, 15) is 0 Å². The molecule has 0 aliphatic heterocycles. The Morgan fingerprint density at radius 3 is 2.50 bits per heavy atom.